The molecule has 3 aromatic heterocycles. The van der Waals surface area contributed by atoms with E-state index in [0.29, 0.717) is 0 Å². The first kappa shape index (κ1) is 16.4. The number of pyridine rings is 1. The molecular weight excluding hydrogens is 356 g/mol. The molecule has 0 bridgehead atoms. The molecule has 1 saturated heterocycles. The molecule has 5 rings (SSSR count). The van der Waals surface area contributed by atoms with Gasteiger partial charge in [-0.25, -0.2) is 9.97 Å². The Bertz CT molecular complexity index is 1060. The van der Waals surface area contributed by atoms with Crippen molar-refractivity contribution in [3.05, 3.63) is 60.9 Å². The van der Waals surface area contributed by atoms with Gasteiger partial charge in [0.05, 0.1) is 18.6 Å². The van der Waals surface area contributed by atoms with E-state index in [1.54, 1.807) is 17.5 Å². The van der Waals surface area contributed by atoms with E-state index in [-0.39, 0.29) is 0 Å². The van der Waals surface area contributed by atoms with E-state index in [1.165, 1.54) is 10.4 Å². The number of thiophene rings is 1. The third-order valence-electron chi connectivity index (χ3n) is 4.66. The van der Waals surface area contributed by atoms with Crippen molar-refractivity contribution in [3.8, 4) is 21.8 Å². The lowest BCUT2D eigenvalue weighted by molar-refractivity contribution is 0.122. The Hall–Kier alpha value is -2.83. The van der Waals surface area contributed by atoms with Crippen LogP contribution in [-0.2, 0) is 4.74 Å². The van der Waals surface area contributed by atoms with Crippen molar-refractivity contribution in [1.29, 1.82) is 0 Å². The van der Waals surface area contributed by atoms with E-state index >= 15 is 0 Å². The van der Waals surface area contributed by atoms with Crippen LogP contribution in [-0.4, -0.2) is 41.3 Å². The summed E-state index contributed by atoms with van der Waals surface area (Å²) in [5.74, 6) is 1.71. The highest BCUT2D eigenvalue weighted by Crippen LogP contribution is 2.37. The van der Waals surface area contributed by atoms with Crippen LogP contribution in [0.5, 0.6) is 0 Å². The van der Waals surface area contributed by atoms with Gasteiger partial charge in [0.2, 0.25) is 0 Å². The largest absolute Gasteiger partial charge is 0.378 e. The molecule has 0 amide bonds. The van der Waals surface area contributed by atoms with Gasteiger partial charge < -0.3 is 9.64 Å². The standard InChI is InChI=1S/C21H18N4OS/c1-2-5-15(6-3-1)18-13-17-20(25-9-11-26-12-10-25)23-19(24-21(17)27-18)16-7-4-8-22-14-16/h1-8,13-14H,9-12H2. The van der Waals surface area contributed by atoms with Crippen LogP contribution in [0.1, 0.15) is 0 Å². The normalized spacial score (nSPS) is 14.6. The van der Waals surface area contributed by atoms with E-state index in [2.05, 4.69) is 40.2 Å². The maximum Gasteiger partial charge on any atom is 0.164 e. The molecule has 0 atom stereocenters. The predicted octanol–water partition coefficient (Wildman–Crippen LogP) is 4.26. The molecule has 0 aliphatic carbocycles. The fourth-order valence-corrected chi connectivity index (χ4v) is 4.32. The molecule has 27 heavy (non-hydrogen) atoms. The number of ether oxygens (including phenoxy) is 1. The number of anilines is 1. The minimum absolute atomic E-state index is 0.721. The van der Waals surface area contributed by atoms with Crippen LogP contribution < -0.4 is 4.90 Å². The van der Waals surface area contributed by atoms with Crippen molar-refractivity contribution in [3.63, 3.8) is 0 Å². The molecule has 1 aromatic carbocycles. The van der Waals surface area contributed by atoms with Gasteiger partial charge in [0, 0.05) is 35.9 Å². The summed E-state index contributed by atoms with van der Waals surface area (Å²) in [5, 5.41) is 1.10. The first-order chi connectivity index (χ1) is 13.4. The van der Waals surface area contributed by atoms with Gasteiger partial charge in [0.1, 0.15) is 10.6 Å². The Kier molecular flexibility index (Phi) is 4.27. The van der Waals surface area contributed by atoms with Crippen LogP contribution in [0.15, 0.2) is 60.9 Å². The number of morpholine rings is 1. The van der Waals surface area contributed by atoms with E-state index in [9.17, 15) is 0 Å². The van der Waals surface area contributed by atoms with Crippen molar-refractivity contribution >= 4 is 27.4 Å². The first-order valence-electron chi connectivity index (χ1n) is 8.98. The summed E-state index contributed by atoms with van der Waals surface area (Å²) < 4.78 is 5.53. The van der Waals surface area contributed by atoms with E-state index in [4.69, 9.17) is 14.7 Å². The highest BCUT2D eigenvalue weighted by molar-refractivity contribution is 7.22. The number of aromatic nitrogens is 3. The van der Waals surface area contributed by atoms with Crippen molar-refractivity contribution < 1.29 is 4.74 Å². The lowest BCUT2D eigenvalue weighted by atomic mass is 10.2. The van der Waals surface area contributed by atoms with Gasteiger partial charge in [0.25, 0.3) is 0 Å². The third kappa shape index (κ3) is 3.18. The number of nitrogens with zero attached hydrogens (tertiary/aromatic N) is 4. The Morgan fingerprint density at radius 3 is 2.52 bits per heavy atom. The molecule has 0 N–H and O–H groups in total. The summed E-state index contributed by atoms with van der Waals surface area (Å²) >= 11 is 1.71. The van der Waals surface area contributed by atoms with Crippen LogP contribution >= 0.6 is 11.3 Å². The SMILES string of the molecule is c1ccc(-c2cc3c(N4CCOCC4)nc(-c4cccnc4)nc3s2)cc1. The summed E-state index contributed by atoms with van der Waals surface area (Å²) in [6.07, 6.45) is 3.58. The van der Waals surface area contributed by atoms with Gasteiger partial charge in [-0.1, -0.05) is 30.3 Å². The average molecular weight is 374 g/mol. The molecular formula is C21H18N4OS. The van der Waals surface area contributed by atoms with Gasteiger partial charge in [-0.05, 0) is 23.8 Å². The molecule has 1 fully saturated rings. The summed E-state index contributed by atoms with van der Waals surface area (Å²) in [5.41, 5.74) is 2.14. The second-order valence-corrected chi connectivity index (χ2v) is 7.44. The van der Waals surface area contributed by atoms with Crippen molar-refractivity contribution in [2.24, 2.45) is 0 Å². The van der Waals surface area contributed by atoms with Crippen LogP contribution in [0, 0.1) is 0 Å². The molecule has 4 heterocycles. The lowest BCUT2D eigenvalue weighted by Gasteiger charge is -2.28. The number of benzene rings is 1. The van der Waals surface area contributed by atoms with Gasteiger partial charge in [-0.3, -0.25) is 4.98 Å². The number of rotatable bonds is 3. The molecule has 4 aromatic rings. The highest BCUT2D eigenvalue weighted by atomic mass is 32.1. The Labute approximate surface area is 161 Å². The molecule has 0 radical (unpaired) electrons. The molecule has 1 aliphatic heterocycles. The summed E-state index contributed by atoms with van der Waals surface area (Å²) in [4.78, 5) is 18.5. The zero-order valence-electron chi connectivity index (χ0n) is 14.7. The summed E-state index contributed by atoms with van der Waals surface area (Å²) in [7, 11) is 0. The number of hydrogen-bond donors (Lipinski definition) is 0. The van der Waals surface area contributed by atoms with Crippen LogP contribution in [0.2, 0.25) is 0 Å². The van der Waals surface area contributed by atoms with Gasteiger partial charge in [-0.15, -0.1) is 11.3 Å². The lowest BCUT2D eigenvalue weighted by Crippen LogP contribution is -2.37. The second-order valence-electron chi connectivity index (χ2n) is 6.41. The van der Waals surface area contributed by atoms with Crippen molar-refractivity contribution in [1.82, 2.24) is 15.0 Å². The van der Waals surface area contributed by atoms with Gasteiger partial charge in [-0.2, -0.15) is 0 Å². The third-order valence-corrected chi connectivity index (χ3v) is 5.74. The molecule has 0 unspecified atom stereocenters. The number of fused-ring (bicyclic) bond motifs is 1. The minimum Gasteiger partial charge on any atom is -0.378 e. The average Bonchev–Trinajstić information content (AvgIpc) is 3.19. The molecule has 6 heteroatoms. The van der Waals surface area contributed by atoms with Gasteiger partial charge >= 0.3 is 0 Å². The van der Waals surface area contributed by atoms with Crippen LogP contribution in [0.3, 0.4) is 0 Å². The maximum absolute atomic E-state index is 5.53. The van der Waals surface area contributed by atoms with Crippen LogP contribution in [0.25, 0.3) is 32.0 Å². The quantitative estimate of drug-likeness (QED) is 0.536. The first-order valence-corrected chi connectivity index (χ1v) is 9.80. The van der Waals surface area contributed by atoms with Crippen LogP contribution in [0.4, 0.5) is 5.82 Å². The van der Waals surface area contributed by atoms with Crippen molar-refractivity contribution in [2.45, 2.75) is 0 Å². The fraction of sp³-hybridized carbons (Fsp3) is 0.190. The monoisotopic (exact) mass is 374 g/mol. The smallest absolute Gasteiger partial charge is 0.164 e. The molecule has 5 nitrogen and oxygen atoms in total. The number of hydrogen-bond acceptors (Lipinski definition) is 6. The van der Waals surface area contributed by atoms with Gasteiger partial charge in [0.15, 0.2) is 5.82 Å². The Morgan fingerprint density at radius 2 is 1.74 bits per heavy atom. The minimum atomic E-state index is 0.721. The van der Waals surface area contributed by atoms with E-state index < -0.39 is 0 Å². The maximum atomic E-state index is 5.53. The van der Waals surface area contributed by atoms with Crippen molar-refractivity contribution in [2.75, 3.05) is 31.2 Å². The highest BCUT2D eigenvalue weighted by Gasteiger charge is 2.20. The van der Waals surface area contributed by atoms with E-state index in [1.807, 2.05) is 24.4 Å². The van der Waals surface area contributed by atoms with E-state index in [0.717, 1.165) is 53.7 Å². The molecule has 0 saturated carbocycles. The Balaban J connectivity index is 1.69. The second kappa shape index (κ2) is 7.06. The summed E-state index contributed by atoms with van der Waals surface area (Å²) in [6.45, 7) is 3.14. The molecule has 1 aliphatic rings. The molecule has 134 valence electrons. The fourth-order valence-electron chi connectivity index (χ4n) is 3.29. The zero-order valence-corrected chi connectivity index (χ0v) is 15.5. The topological polar surface area (TPSA) is 51.1 Å². The summed E-state index contributed by atoms with van der Waals surface area (Å²) in [6, 6.07) is 16.6. The predicted molar refractivity (Wildman–Crippen MR) is 109 cm³/mol. The molecule has 0 spiro atoms. The zero-order chi connectivity index (χ0) is 18.1. The Morgan fingerprint density at radius 1 is 0.926 bits per heavy atom.